The van der Waals surface area contributed by atoms with E-state index < -0.39 is 0 Å². The zero-order valence-electron chi connectivity index (χ0n) is 14.5. The van der Waals surface area contributed by atoms with Crippen LogP contribution >= 0.6 is 0 Å². The molecule has 0 atom stereocenters. The SMILES string of the molecule is Cc1ccc(CN(C)C(=O)CCn2cnc3ccccc3c2=O)cc1. The lowest BCUT2D eigenvalue weighted by Gasteiger charge is -2.17. The molecule has 0 N–H and O–H groups in total. The topological polar surface area (TPSA) is 55.2 Å². The predicted molar refractivity (Wildman–Crippen MR) is 98.3 cm³/mol. The van der Waals surface area contributed by atoms with Crippen LogP contribution in [0.3, 0.4) is 0 Å². The second-order valence-corrected chi connectivity index (χ2v) is 6.25. The first-order valence-electron chi connectivity index (χ1n) is 8.28. The van der Waals surface area contributed by atoms with Gasteiger partial charge in [0.15, 0.2) is 0 Å². The summed E-state index contributed by atoms with van der Waals surface area (Å²) in [6.07, 6.45) is 1.78. The van der Waals surface area contributed by atoms with Crippen LogP contribution in [-0.2, 0) is 17.9 Å². The average Bonchev–Trinajstić information content (AvgIpc) is 2.63. The first-order chi connectivity index (χ1) is 12.0. The van der Waals surface area contributed by atoms with Crippen molar-refractivity contribution in [3.63, 3.8) is 0 Å². The molecule has 0 saturated heterocycles. The van der Waals surface area contributed by atoms with Crippen molar-refractivity contribution in [2.45, 2.75) is 26.4 Å². The third kappa shape index (κ3) is 3.94. The number of para-hydroxylation sites is 1. The van der Waals surface area contributed by atoms with Crippen LogP contribution < -0.4 is 5.56 Å². The standard InChI is InChI=1S/C20H21N3O2/c1-15-7-9-16(10-8-15)13-22(2)19(24)11-12-23-14-21-18-6-4-3-5-17(18)20(23)25/h3-10,14H,11-13H2,1-2H3. The van der Waals surface area contributed by atoms with Crippen molar-refractivity contribution in [2.75, 3.05) is 7.05 Å². The van der Waals surface area contributed by atoms with E-state index in [1.54, 1.807) is 18.0 Å². The van der Waals surface area contributed by atoms with Gasteiger partial charge in [-0.25, -0.2) is 4.98 Å². The lowest BCUT2D eigenvalue weighted by atomic mass is 10.1. The van der Waals surface area contributed by atoms with E-state index in [1.807, 2.05) is 49.4 Å². The number of hydrogen-bond donors (Lipinski definition) is 0. The van der Waals surface area contributed by atoms with Gasteiger partial charge in [-0.1, -0.05) is 42.0 Å². The molecule has 1 amide bonds. The molecule has 0 aliphatic carbocycles. The molecule has 0 radical (unpaired) electrons. The summed E-state index contributed by atoms with van der Waals surface area (Å²) in [5.41, 5.74) is 2.85. The molecule has 128 valence electrons. The van der Waals surface area contributed by atoms with E-state index in [9.17, 15) is 9.59 Å². The average molecular weight is 335 g/mol. The van der Waals surface area contributed by atoms with Crippen LogP contribution in [0.15, 0.2) is 59.7 Å². The zero-order valence-corrected chi connectivity index (χ0v) is 14.5. The van der Waals surface area contributed by atoms with Crippen molar-refractivity contribution >= 4 is 16.8 Å². The van der Waals surface area contributed by atoms with Gasteiger partial charge in [-0.15, -0.1) is 0 Å². The molecule has 5 heteroatoms. The van der Waals surface area contributed by atoms with Crippen LogP contribution in [0.5, 0.6) is 0 Å². The second-order valence-electron chi connectivity index (χ2n) is 6.25. The third-order valence-electron chi connectivity index (χ3n) is 4.26. The van der Waals surface area contributed by atoms with Crippen molar-refractivity contribution in [2.24, 2.45) is 0 Å². The Balaban J connectivity index is 1.64. The molecule has 3 aromatic rings. The molecule has 0 aliphatic rings. The summed E-state index contributed by atoms with van der Waals surface area (Å²) in [5.74, 6) is 0.000587. The predicted octanol–water partition coefficient (Wildman–Crippen LogP) is 2.75. The van der Waals surface area contributed by atoms with Crippen molar-refractivity contribution in [3.8, 4) is 0 Å². The zero-order chi connectivity index (χ0) is 17.8. The number of benzene rings is 2. The highest BCUT2D eigenvalue weighted by Gasteiger charge is 2.11. The molecule has 1 aromatic heterocycles. The fraction of sp³-hybridized carbons (Fsp3) is 0.250. The summed E-state index contributed by atoms with van der Waals surface area (Å²) in [5, 5.41) is 0.574. The highest BCUT2D eigenvalue weighted by Crippen LogP contribution is 2.08. The Labute approximate surface area is 146 Å². The Hall–Kier alpha value is -2.95. The van der Waals surface area contributed by atoms with Gasteiger partial charge >= 0.3 is 0 Å². The van der Waals surface area contributed by atoms with Crippen molar-refractivity contribution in [1.29, 1.82) is 0 Å². The molecule has 3 rings (SSSR count). The number of nitrogens with zero attached hydrogens (tertiary/aromatic N) is 3. The van der Waals surface area contributed by atoms with Gasteiger partial charge in [0.1, 0.15) is 0 Å². The number of aromatic nitrogens is 2. The van der Waals surface area contributed by atoms with Crippen LogP contribution in [0.25, 0.3) is 10.9 Å². The minimum Gasteiger partial charge on any atom is -0.341 e. The molecule has 0 unspecified atom stereocenters. The molecular formula is C20H21N3O2. The molecule has 1 heterocycles. The summed E-state index contributed by atoms with van der Waals surface area (Å²) in [7, 11) is 1.78. The third-order valence-corrected chi connectivity index (χ3v) is 4.26. The molecular weight excluding hydrogens is 314 g/mol. The van der Waals surface area contributed by atoms with Crippen LogP contribution in [-0.4, -0.2) is 27.4 Å². The number of carbonyl (C=O) groups excluding carboxylic acids is 1. The second kappa shape index (κ2) is 7.30. The van der Waals surface area contributed by atoms with Crippen LogP contribution in [0.4, 0.5) is 0 Å². The van der Waals surface area contributed by atoms with Crippen molar-refractivity contribution in [1.82, 2.24) is 14.5 Å². The Morgan fingerprint density at radius 1 is 1.12 bits per heavy atom. The smallest absolute Gasteiger partial charge is 0.261 e. The number of fused-ring (bicyclic) bond motifs is 1. The molecule has 0 saturated carbocycles. The van der Waals surface area contributed by atoms with Gasteiger partial charge < -0.3 is 4.90 Å². The Morgan fingerprint density at radius 3 is 2.60 bits per heavy atom. The number of aryl methyl sites for hydroxylation is 2. The van der Waals surface area contributed by atoms with E-state index in [0.29, 0.717) is 24.0 Å². The maximum Gasteiger partial charge on any atom is 0.261 e. The van der Waals surface area contributed by atoms with Gasteiger partial charge in [-0.3, -0.25) is 14.2 Å². The molecule has 5 nitrogen and oxygen atoms in total. The lowest BCUT2D eigenvalue weighted by Crippen LogP contribution is -2.29. The summed E-state index contributed by atoms with van der Waals surface area (Å²) in [6.45, 7) is 2.92. The van der Waals surface area contributed by atoms with Crippen LogP contribution in [0, 0.1) is 6.92 Å². The molecule has 0 aliphatic heterocycles. The molecule has 0 bridgehead atoms. The Bertz CT molecular complexity index is 945. The summed E-state index contributed by atoms with van der Waals surface area (Å²) in [4.78, 5) is 30.7. The highest BCUT2D eigenvalue weighted by atomic mass is 16.2. The fourth-order valence-electron chi connectivity index (χ4n) is 2.73. The normalized spacial score (nSPS) is 10.8. The van der Waals surface area contributed by atoms with Gasteiger partial charge in [0.25, 0.3) is 5.56 Å². The van der Waals surface area contributed by atoms with Crippen LogP contribution in [0.1, 0.15) is 17.5 Å². The minimum atomic E-state index is -0.111. The van der Waals surface area contributed by atoms with E-state index in [4.69, 9.17) is 0 Å². The van der Waals surface area contributed by atoms with Gasteiger partial charge in [0.2, 0.25) is 5.91 Å². The molecule has 2 aromatic carbocycles. The van der Waals surface area contributed by atoms with Gasteiger partial charge in [0.05, 0.1) is 17.2 Å². The maximum absolute atomic E-state index is 12.4. The quantitative estimate of drug-likeness (QED) is 0.720. The molecule has 0 fully saturated rings. The number of rotatable bonds is 5. The van der Waals surface area contributed by atoms with E-state index in [-0.39, 0.29) is 17.9 Å². The largest absolute Gasteiger partial charge is 0.341 e. The fourth-order valence-corrected chi connectivity index (χ4v) is 2.73. The highest BCUT2D eigenvalue weighted by molar-refractivity contribution is 5.77. The number of hydrogen-bond acceptors (Lipinski definition) is 3. The Kier molecular flexibility index (Phi) is 4.93. The minimum absolute atomic E-state index is 0.000587. The van der Waals surface area contributed by atoms with Crippen LogP contribution in [0.2, 0.25) is 0 Å². The molecule has 25 heavy (non-hydrogen) atoms. The number of amides is 1. The van der Waals surface area contributed by atoms with E-state index in [1.165, 1.54) is 16.5 Å². The monoisotopic (exact) mass is 335 g/mol. The van der Waals surface area contributed by atoms with E-state index >= 15 is 0 Å². The Morgan fingerprint density at radius 2 is 1.84 bits per heavy atom. The van der Waals surface area contributed by atoms with Crippen molar-refractivity contribution in [3.05, 3.63) is 76.3 Å². The van der Waals surface area contributed by atoms with Gasteiger partial charge in [-0.05, 0) is 24.6 Å². The lowest BCUT2D eigenvalue weighted by molar-refractivity contribution is -0.130. The molecule has 0 spiro atoms. The van der Waals surface area contributed by atoms with E-state index in [0.717, 1.165) is 5.56 Å². The van der Waals surface area contributed by atoms with Gasteiger partial charge in [-0.2, -0.15) is 0 Å². The summed E-state index contributed by atoms with van der Waals surface area (Å²) >= 11 is 0. The summed E-state index contributed by atoms with van der Waals surface area (Å²) in [6, 6.07) is 15.3. The maximum atomic E-state index is 12.4. The van der Waals surface area contributed by atoms with E-state index in [2.05, 4.69) is 4.98 Å². The first kappa shape index (κ1) is 16.9. The number of carbonyl (C=O) groups is 1. The first-order valence-corrected chi connectivity index (χ1v) is 8.28. The van der Waals surface area contributed by atoms with Gasteiger partial charge in [0, 0.05) is 26.6 Å². The van der Waals surface area contributed by atoms with Crippen molar-refractivity contribution < 1.29 is 4.79 Å². The summed E-state index contributed by atoms with van der Waals surface area (Å²) < 4.78 is 1.50.